The molecule has 0 aliphatic carbocycles. The number of nitrogens with zero attached hydrogens (tertiary/aromatic N) is 1. The largest absolute Gasteiger partial charge is 0.493 e. The summed E-state index contributed by atoms with van der Waals surface area (Å²) in [5, 5.41) is 6.85. The van der Waals surface area contributed by atoms with Gasteiger partial charge in [-0.1, -0.05) is 42.0 Å². The van der Waals surface area contributed by atoms with E-state index in [9.17, 15) is 0 Å². The fourth-order valence-electron chi connectivity index (χ4n) is 3.90. The Bertz CT molecular complexity index is 836. The van der Waals surface area contributed by atoms with Crippen LogP contribution in [0.1, 0.15) is 35.6 Å². The van der Waals surface area contributed by atoms with Gasteiger partial charge in [-0.15, -0.1) is 0 Å². The van der Waals surface area contributed by atoms with E-state index in [0.29, 0.717) is 12.5 Å². The van der Waals surface area contributed by atoms with Crippen molar-refractivity contribution in [1.29, 1.82) is 0 Å². The van der Waals surface area contributed by atoms with Crippen molar-refractivity contribution in [2.45, 2.75) is 32.4 Å². The van der Waals surface area contributed by atoms with Crippen LogP contribution in [0.15, 0.2) is 47.5 Å². The lowest BCUT2D eigenvalue weighted by Crippen LogP contribution is -2.41. The van der Waals surface area contributed by atoms with Crippen molar-refractivity contribution >= 4 is 5.96 Å². The predicted molar refractivity (Wildman–Crippen MR) is 120 cm³/mol. The van der Waals surface area contributed by atoms with Crippen LogP contribution in [0, 0.1) is 12.8 Å². The Morgan fingerprint density at radius 3 is 2.60 bits per heavy atom. The Morgan fingerprint density at radius 1 is 1.10 bits per heavy atom. The highest BCUT2D eigenvalue weighted by Crippen LogP contribution is 2.33. The maximum atomic E-state index is 6.14. The lowest BCUT2D eigenvalue weighted by atomic mass is 9.89. The molecular formula is C24H33N3O3. The maximum Gasteiger partial charge on any atom is 0.191 e. The molecule has 2 atom stereocenters. The lowest BCUT2D eigenvalue weighted by Gasteiger charge is -2.32. The van der Waals surface area contributed by atoms with Gasteiger partial charge in [0.2, 0.25) is 0 Å². The minimum Gasteiger partial charge on any atom is -0.493 e. The average molecular weight is 412 g/mol. The third kappa shape index (κ3) is 5.45. The zero-order chi connectivity index (χ0) is 21.3. The molecule has 0 spiro atoms. The van der Waals surface area contributed by atoms with Gasteiger partial charge in [0.25, 0.3) is 0 Å². The zero-order valence-corrected chi connectivity index (χ0v) is 18.4. The SMILES string of the molecule is CN=C(NCc1cccc(OC)c1OC)NCC1CCCOC1c1ccc(C)cc1. The Labute approximate surface area is 179 Å². The van der Waals surface area contributed by atoms with E-state index in [0.717, 1.165) is 49.0 Å². The summed E-state index contributed by atoms with van der Waals surface area (Å²) in [6.07, 6.45) is 2.33. The van der Waals surface area contributed by atoms with Gasteiger partial charge in [-0.3, -0.25) is 4.99 Å². The van der Waals surface area contributed by atoms with Crippen LogP contribution >= 0.6 is 0 Å². The molecular weight excluding hydrogens is 378 g/mol. The number of para-hydroxylation sites is 1. The quantitative estimate of drug-likeness (QED) is 0.535. The third-order valence-corrected chi connectivity index (χ3v) is 5.54. The van der Waals surface area contributed by atoms with E-state index in [1.165, 1.54) is 11.1 Å². The molecule has 2 unspecified atom stereocenters. The first-order chi connectivity index (χ1) is 14.7. The molecule has 2 N–H and O–H groups in total. The number of guanidine groups is 1. The second-order valence-electron chi connectivity index (χ2n) is 7.56. The highest BCUT2D eigenvalue weighted by Gasteiger charge is 2.27. The number of methoxy groups -OCH3 is 2. The van der Waals surface area contributed by atoms with Crippen molar-refractivity contribution in [3.05, 3.63) is 59.2 Å². The second kappa shape index (κ2) is 10.9. The molecule has 1 aliphatic rings. The molecule has 162 valence electrons. The summed E-state index contributed by atoms with van der Waals surface area (Å²) in [7, 11) is 5.09. The first kappa shape index (κ1) is 22.0. The molecule has 0 saturated carbocycles. The summed E-state index contributed by atoms with van der Waals surface area (Å²) in [5.74, 6) is 2.61. The number of rotatable bonds is 7. The Balaban J connectivity index is 1.60. The number of benzene rings is 2. The van der Waals surface area contributed by atoms with Crippen LogP contribution < -0.4 is 20.1 Å². The van der Waals surface area contributed by atoms with Crippen LogP contribution in [0.4, 0.5) is 0 Å². The minimum absolute atomic E-state index is 0.114. The van der Waals surface area contributed by atoms with E-state index in [2.05, 4.69) is 46.8 Å². The summed E-state index contributed by atoms with van der Waals surface area (Å²) in [5.41, 5.74) is 3.52. The highest BCUT2D eigenvalue weighted by molar-refractivity contribution is 5.79. The standard InChI is InChI=1S/C24H33N3O3/c1-17-10-12-18(13-11-17)22-19(8-6-14-30-22)15-26-24(25-2)27-16-20-7-5-9-21(28-3)23(20)29-4/h5,7,9-13,19,22H,6,8,14-16H2,1-4H3,(H2,25,26,27). The Hall–Kier alpha value is -2.73. The van der Waals surface area contributed by atoms with Crippen LogP contribution in [-0.2, 0) is 11.3 Å². The zero-order valence-electron chi connectivity index (χ0n) is 18.4. The highest BCUT2D eigenvalue weighted by atomic mass is 16.5. The topological polar surface area (TPSA) is 64.1 Å². The van der Waals surface area contributed by atoms with Crippen LogP contribution in [0.3, 0.4) is 0 Å². The minimum atomic E-state index is 0.114. The molecule has 6 heteroatoms. The summed E-state index contributed by atoms with van der Waals surface area (Å²) in [4.78, 5) is 4.38. The first-order valence-corrected chi connectivity index (χ1v) is 10.5. The molecule has 2 aromatic rings. The molecule has 2 aromatic carbocycles. The normalized spacial score (nSPS) is 19.3. The molecule has 1 saturated heterocycles. The van der Waals surface area contributed by atoms with Crippen molar-refractivity contribution in [2.24, 2.45) is 10.9 Å². The first-order valence-electron chi connectivity index (χ1n) is 10.5. The molecule has 30 heavy (non-hydrogen) atoms. The van der Waals surface area contributed by atoms with Crippen molar-refractivity contribution in [3.8, 4) is 11.5 Å². The monoisotopic (exact) mass is 411 g/mol. The van der Waals surface area contributed by atoms with E-state index in [1.807, 2.05) is 18.2 Å². The van der Waals surface area contributed by atoms with Gasteiger partial charge in [-0.25, -0.2) is 0 Å². The molecule has 0 bridgehead atoms. The van der Waals surface area contributed by atoms with Gasteiger partial charge in [0, 0.05) is 38.2 Å². The van der Waals surface area contributed by atoms with Crippen molar-refractivity contribution in [1.82, 2.24) is 10.6 Å². The van der Waals surface area contributed by atoms with E-state index >= 15 is 0 Å². The van der Waals surface area contributed by atoms with Gasteiger partial charge < -0.3 is 24.8 Å². The summed E-state index contributed by atoms with van der Waals surface area (Å²) < 4.78 is 17.0. The van der Waals surface area contributed by atoms with Crippen LogP contribution in [0.2, 0.25) is 0 Å². The average Bonchev–Trinajstić information content (AvgIpc) is 2.79. The predicted octanol–water partition coefficient (Wildman–Crippen LogP) is 3.85. The summed E-state index contributed by atoms with van der Waals surface area (Å²) in [6.45, 7) is 4.31. The number of hydrogen-bond acceptors (Lipinski definition) is 4. The van der Waals surface area contributed by atoms with E-state index in [-0.39, 0.29) is 6.10 Å². The smallest absolute Gasteiger partial charge is 0.191 e. The lowest BCUT2D eigenvalue weighted by molar-refractivity contribution is -0.0265. The van der Waals surface area contributed by atoms with Gasteiger partial charge in [-0.05, 0) is 31.4 Å². The van der Waals surface area contributed by atoms with Gasteiger partial charge in [0.1, 0.15) is 0 Å². The van der Waals surface area contributed by atoms with E-state index in [1.54, 1.807) is 21.3 Å². The van der Waals surface area contributed by atoms with Crippen molar-refractivity contribution in [2.75, 3.05) is 34.4 Å². The number of aliphatic imine (C=N–C) groups is 1. The van der Waals surface area contributed by atoms with Crippen molar-refractivity contribution < 1.29 is 14.2 Å². The molecule has 0 radical (unpaired) electrons. The molecule has 1 heterocycles. The van der Waals surface area contributed by atoms with Crippen LogP contribution in [0.25, 0.3) is 0 Å². The number of ether oxygens (including phenoxy) is 3. The second-order valence-corrected chi connectivity index (χ2v) is 7.56. The maximum absolute atomic E-state index is 6.14. The number of aryl methyl sites for hydroxylation is 1. The summed E-state index contributed by atoms with van der Waals surface area (Å²) in [6, 6.07) is 14.5. The molecule has 6 nitrogen and oxygen atoms in total. The van der Waals surface area contributed by atoms with Crippen LogP contribution in [-0.4, -0.2) is 40.4 Å². The van der Waals surface area contributed by atoms with Gasteiger partial charge in [0.05, 0.1) is 20.3 Å². The fraction of sp³-hybridized carbons (Fsp3) is 0.458. The van der Waals surface area contributed by atoms with Gasteiger partial charge in [0.15, 0.2) is 17.5 Å². The summed E-state index contributed by atoms with van der Waals surface area (Å²) >= 11 is 0. The Morgan fingerprint density at radius 2 is 1.90 bits per heavy atom. The van der Waals surface area contributed by atoms with Gasteiger partial charge in [-0.2, -0.15) is 0 Å². The molecule has 1 fully saturated rings. The number of hydrogen-bond donors (Lipinski definition) is 2. The molecule has 1 aliphatic heterocycles. The molecule has 0 aromatic heterocycles. The van der Waals surface area contributed by atoms with E-state index in [4.69, 9.17) is 14.2 Å². The van der Waals surface area contributed by atoms with Crippen molar-refractivity contribution in [3.63, 3.8) is 0 Å². The molecule has 3 rings (SSSR count). The third-order valence-electron chi connectivity index (χ3n) is 5.54. The van der Waals surface area contributed by atoms with Crippen LogP contribution in [0.5, 0.6) is 11.5 Å². The fourth-order valence-corrected chi connectivity index (χ4v) is 3.90. The Kier molecular flexibility index (Phi) is 7.97. The van der Waals surface area contributed by atoms with E-state index < -0.39 is 0 Å². The van der Waals surface area contributed by atoms with Gasteiger partial charge >= 0.3 is 0 Å². The number of nitrogens with one attached hydrogen (secondary N) is 2. The molecule has 0 amide bonds.